The van der Waals surface area contributed by atoms with E-state index in [1.807, 2.05) is 30.5 Å². The van der Waals surface area contributed by atoms with Crippen molar-refractivity contribution in [3.05, 3.63) is 70.4 Å². The third-order valence-corrected chi connectivity index (χ3v) is 4.74. The summed E-state index contributed by atoms with van der Waals surface area (Å²) in [7, 11) is 0. The Morgan fingerprint density at radius 1 is 1.23 bits per heavy atom. The first kappa shape index (κ1) is 21.3. The molecule has 10 heteroatoms. The highest BCUT2D eigenvalue weighted by atomic mass is 16.6. The standard InChI is InChI=1S/C21H20N6O4/c1-2-26(13-22)20(28)19(11-14-12-23-18-6-4-3-5-17(14)18)25-21(29)24-15-7-9-16(10-8-15)27(30)31/h3-10,12,19,23H,2,11H2,1H3,(H2,24,25,29). The molecule has 0 aliphatic carbocycles. The molecule has 0 spiro atoms. The van der Waals surface area contributed by atoms with Crippen molar-refractivity contribution < 1.29 is 14.5 Å². The molecular weight excluding hydrogens is 400 g/mol. The summed E-state index contributed by atoms with van der Waals surface area (Å²) in [5.74, 6) is -0.533. The van der Waals surface area contributed by atoms with E-state index in [9.17, 15) is 25.0 Å². The van der Waals surface area contributed by atoms with Crippen molar-refractivity contribution in [1.82, 2.24) is 15.2 Å². The van der Waals surface area contributed by atoms with Crippen molar-refractivity contribution >= 4 is 34.2 Å². The number of carbonyl (C=O) groups excluding carboxylic acids is 2. The van der Waals surface area contributed by atoms with Gasteiger partial charge in [-0.2, -0.15) is 5.26 Å². The van der Waals surface area contributed by atoms with E-state index in [1.165, 1.54) is 24.3 Å². The molecule has 0 saturated carbocycles. The highest BCUT2D eigenvalue weighted by molar-refractivity contribution is 5.94. The minimum absolute atomic E-state index is 0.106. The van der Waals surface area contributed by atoms with Crippen LogP contribution in [0.15, 0.2) is 54.7 Å². The van der Waals surface area contributed by atoms with Gasteiger partial charge in [0.25, 0.3) is 11.6 Å². The molecule has 2 aromatic carbocycles. The van der Waals surface area contributed by atoms with Gasteiger partial charge in [0.2, 0.25) is 0 Å². The van der Waals surface area contributed by atoms with E-state index in [-0.39, 0.29) is 18.7 Å². The smallest absolute Gasteiger partial charge is 0.319 e. The fourth-order valence-corrected chi connectivity index (χ4v) is 3.18. The number of aromatic amines is 1. The van der Waals surface area contributed by atoms with Gasteiger partial charge in [0, 0.05) is 47.9 Å². The number of aromatic nitrogens is 1. The maximum atomic E-state index is 12.9. The Kier molecular flexibility index (Phi) is 6.47. The molecule has 10 nitrogen and oxygen atoms in total. The molecule has 3 amide bonds. The van der Waals surface area contributed by atoms with E-state index in [4.69, 9.17) is 0 Å². The van der Waals surface area contributed by atoms with Crippen molar-refractivity contribution in [1.29, 1.82) is 5.26 Å². The highest BCUT2D eigenvalue weighted by Gasteiger charge is 2.27. The van der Waals surface area contributed by atoms with Gasteiger partial charge in [0.05, 0.1) is 4.92 Å². The predicted molar refractivity (Wildman–Crippen MR) is 114 cm³/mol. The number of hydrogen-bond acceptors (Lipinski definition) is 5. The van der Waals surface area contributed by atoms with Crippen molar-refractivity contribution in [3.63, 3.8) is 0 Å². The van der Waals surface area contributed by atoms with E-state index >= 15 is 0 Å². The van der Waals surface area contributed by atoms with Crippen LogP contribution >= 0.6 is 0 Å². The third kappa shape index (κ3) is 4.97. The minimum Gasteiger partial charge on any atom is -0.361 e. The van der Waals surface area contributed by atoms with Crippen LogP contribution in [0.4, 0.5) is 16.2 Å². The number of amides is 3. The molecule has 3 N–H and O–H groups in total. The number of hydrogen-bond donors (Lipinski definition) is 3. The largest absolute Gasteiger partial charge is 0.361 e. The molecule has 0 aliphatic heterocycles. The number of non-ortho nitro benzene ring substituents is 1. The van der Waals surface area contributed by atoms with Gasteiger partial charge in [-0.15, -0.1) is 0 Å². The number of nitrogens with zero attached hydrogens (tertiary/aromatic N) is 3. The molecule has 3 aromatic rings. The van der Waals surface area contributed by atoms with Gasteiger partial charge in [-0.1, -0.05) is 18.2 Å². The fourth-order valence-electron chi connectivity index (χ4n) is 3.18. The van der Waals surface area contributed by atoms with Crippen molar-refractivity contribution in [2.75, 3.05) is 11.9 Å². The summed E-state index contributed by atoms with van der Waals surface area (Å²) in [6, 6.07) is 11.2. The lowest BCUT2D eigenvalue weighted by Gasteiger charge is -2.21. The lowest BCUT2D eigenvalue weighted by atomic mass is 10.0. The summed E-state index contributed by atoms with van der Waals surface area (Å²) in [6.45, 7) is 1.84. The minimum atomic E-state index is -0.989. The number of para-hydroxylation sites is 1. The molecule has 31 heavy (non-hydrogen) atoms. The third-order valence-electron chi connectivity index (χ3n) is 4.74. The van der Waals surface area contributed by atoms with Crippen LogP contribution in [0.1, 0.15) is 12.5 Å². The van der Waals surface area contributed by atoms with Crippen LogP contribution in [0.3, 0.4) is 0 Å². The molecule has 1 unspecified atom stereocenters. The maximum absolute atomic E-state index is 12.9. The predicted octanol–water partition coefficient (Wildman–Crippen LogP) is 3.14. The average Bonchev–Trinajstić information content (AvgIpc) is 3.17. The molecular formula is C21H20N6O4. The normalized spacial score (nSPS) is 11.4. The monoisotopic (exact) mass is 420 g/mol. The van der Waals surface area contributed by atoms with Gasteiger partial charge in [0.1, 0.15) is 6.04 Å². The first-order valence-corrected chi connectivity index (χ1v) is 9.51. The van der Waals surface area contributed by atoms with Crippen molar-refractivity contribution in [2.45, 2.75) is 19.4 Å². The summed E-state index contributed by atoms with van der Waals surface area (Å²) in [5.41, 5.74) is 1.94. The molecule has 0 radical (unpaired) electrons. The number of likely N-dealkylation sites (N-methyl/N-ethyl adjacent to an activating group) is 1. The fraction of sp³-hybridized carbons (Fsp3) is 0.190. The molecule has 0 bridgehead atoms. The number of rotatable bonds is 7. The van der Waals surface area contributed by atoms with Crippen molar-refractivity contribution in [3.8, 4) is 6.19 Å². The SMILES string of the molecule is CCN(C#N)C(=O)C(Cc1c[nH]c2ccccc12)NC(=O)Nc1ccc([N+](=O)[O-])cc1. The first-order valence-electron chi connectivity index (χ1n) is 9.51. The van der Waals surface area contributed by atoms with Gasteiger partial charge in [-0.25, -0.2) is 9.69 Å². The molecule has 0 fully saturated rings. The van der Waals surface area contributed by atoms with Gasteiger partial charge < -0.3 is 15.6 Å². The van der Waals surface area contributed by atoms with Gasteiger partial charge >= 0.3 is 6.03 Å². The molecule has 1 aromatic heterocycles. The zero-order chi connectivity index (χ0) is 22.4. The van der Waals surface area contributed by atoms with Gasteiger partial charge in [-0.05, 0) is 30.7 Å². The van der Waals surface area contributed by atoms with Crippen LogP contribution in [0.5, 0.6) is 0 Å². The number of nitrogens with one attached hydrogen (secondary N) is 3. The van der Waals surface area contributed by atoms with E-state index in [0.29, 0.717) is 5.69 Å². The van der Waals surface area contributed by atoms with E-state index in [1.54, 1.807) is 13.1 Å². The second kappa shape index (κ2) is 9.41. The summed E-state index contributed by atoms with van der Waals surface area (Å²) < 4.78 is 0. The van der Waals surface area contributed by atoms with Gasteiger partial charge in [0.15, 0.2) is 6.19 Å². The zero-order valence-electron chi connectivity index (χ0n) is 16.7. The molecule has 0 aliphatic rings. The van der Waals surface area contributed by atoms with Crippen LogP contribution in [-0.4, -0.2) is 39.3 Å². The zero-order valence-corrected chi connectivity index (χ0v) is 16.7. The van der Waals surface area contributed by atoms with Crippen LogP contribution in [0, 0.1) is 21.6 Å². The number of nitriles is 1. The van der Waals surface area contributed by atoms with E-state index in [2.05, 4.69) is 15.6 Å². The number of H-pyrrole nitrogens is 1. The van der Waals surface area contributed by atoms with E-state index in [0.717, 1.165) is 21.4 Å². The Hall–Kier alpha value is -4.39. The Bertz CT molecular complexity index is 1150. The number of nitro groups is 1. The maximum Gasteiger partial charge on any atom is 0.319 e. The lowest BCUT2D eigenvalue weighted by molar-refractivity contribution is -0.384. The Morgan fingerprint density at radius 3 is 2.58 bits per heavy atom. The Balaban J connectivity index is 1.79. The Labute approximate surface area is 177 Å². The summed E-state index contributed by atoms with van der Waals surface area (Å²) in [6.07, 6.45) is 3.77. The van der Waals surface area contributed by atoms with Crippen LogP contribution < -0.4 is 10.6 Å². The molecule has 3 rings (SSSR count). The number of benzene rings is 2. The van der Waals surface area contributed by atoms with Gasteiger partial charge in [-0.3, -0.25) is 14.9 Å². The number of carbonyl (C=O) groups is 2. The van der Waals surface area contributed by atoms with Crippen LogP contribution in [0.2, 0.25) is 0 Å². The number of nitro benzene ring substituents is 1. The summed E-state index contributed by atoms with van der Waals surface area (Å²) >= 11 is 0. The number of urea groups is 1. The molecule has 1 heterocycles. The lowest BCUT2D eigenvalue weighted by Crippen LogP contribution is -2.49. The number of fused-ring (bicyclic) bond motifs is 1. The topological polar surface area (TPSA) is 144 Å². The summed E-state index contributed by atoms with van der Waals surface area (Å²) in [5, 5.41) is 26.1. The van der Waals surface area contributed by atoms with Crippen molar-refractivity contribution in [2.24, 2.45) is 0 Å². The molecule has 0 saturated heterocycles. The van der Waals surface area contributed by atoms with E-state index < -0.39 is 22.9 Å². The molecule has 1 atom stereocenters. The second-order valence-corrected chi connectivity index (χ2v) is 6.70. The first-order chi connectivity index (χ1) is 14.9. The number of anilines is 1. The van der Waals surface area contributed by atoms with Crippen LogP contribution in [-0.2, 0) is 11.2 Å². The highest BCUT2D eigenvalue weighted by Crippen LogP contribution is 2.20. The molecule has 158 valence electrons. The Morgan fingerprint density at radius 2 is 1.94 bits per heavy atom. The average molecular weight is 420 g/mol. The quantitative estimate of drug-likeness (QED) is 0.233. The summed E-state index contributed by atoms with van der Waals surface area (Å²) in [4.78, 5) is 39.7. The van der Waals surface area contributed by atoms with Crippen LogP contribution in [0.25, 0.3) is 10.9 Å². The second-order valence-electron chi connectivity index (χ2n) is 6.70.